The van der Waals surface area contributed by atoms with E-state index in [0.29, 0.717) is 12.2 Å². The molecule has 1 heterocycles. The second kappa shape index (κ2) is 7.11. The van der Waals surface area contributed by atoms with Gasteiger partial charge in [-0.3, -0.25) is 4.90 Å². The van der Waals surface area contributed by atoms with Gasteiger partial charge in [0.1, 0.15) is 0 Å². The summed E-state index contributed by atoms with van der Waals surface area (Å²) in [6, 6.07) is 3.94. The number of rotatable bonds is 5. The van der Waals surface area contributed by atoms with Crippen LogP contribution in [0.3, 0.4) is 0 Å². The van der Waals surface area contributed by atoms with Gasteiger partial charge in [-0.05, 0) is 26.1 Å². The van der Waals surface area contributed by atoms with Crippen LogP contribution in [0.15, 0.2) is 18.2 Å². The van der Waals surface area contributed by atoms with Gasteiger partial charge in [-0.15, -0.1) is 0 Å². The molecule has 20 heavy (non-hydrogen) atoms. The second-order valence-electron chi connectivity index (χ2n) is 5.12. The summed E-state index contributed by atoms with van der Waals surface area (Å²) in [6.45, 7) is 5.38. The molecule has 0 bridgehead atoms. The molecule has 3 nitrogen and oxygen atoms in total. The third-order valence-corrected chi connectivity index (χ3v) is 3.72. The summed E-state index contributed by atoms with van der Waals surface area (Å²) >= 11 is 0. The van der Waals surface area contributed by atoms with E-state index in [0.717, 1.165) is 32.1 Å². The summed E-state index contributed by atoms with van der Waals surface area (Å²) in [7, 11) is 1.75. The van der Waals surface area contributed by atoms with Crippen LogP contribution in [0.1, 0.15) is 24.9 Å². The molecule has 1 aromatic carbocycles. The van der Waals surface area contributed by atoms with Gasteiger partial charge in [-0.2, -0.15) is 0 Å². The molecular formula is C15H22F2N2O. The zero-order chi connectivity index (χ0) is 14.5. The lowest BCUT2D eigenvalue weighted by Crippen LogP contribution is -2.48. The van der Waals surface area contributed by atoms with Crippen LogP contribution in [0, 0.1) is 11.6 Å². The highest BCUT2D eigenvalue weighted by Crippen LogP contribution is 2.25. The Kier molecular flexibility index (Phi) is 5.46. The van der Waals surface area contributed by atoms with Crippen molar-refractivity contribution in [3.63, 3.8) is 0 Å². The molecule has 1 saturated heterocycles. The normalized spacial score (nSPS) is 21.9. The summed E-state index contributed by atoms with van der Waals surface area (Å²) in [5.74, 6) is -1.60. The highest BCUT2D eigenvalue weighted by Gasteiger charge is 2.30. The van der Waals surface area contributed by atoms with Crippen molar-refractivity contribution in [3.8, 4) is 0 Å². The lowest BCUT2D eigenvalue weighted by molar-refractivity contribution is -0.0464. The van der Waals surface area contributed by atoms with Crippen molar-refractivity contribution in [2.45, 2.75) is 25.5 Å². The first-order valence-corrected chi connectivity index (χ1v) is 7.12. The molecule has 1 fully saturated rings. The number of morpholine rings is 1. The molecule has 0 spiro atoms. The zero-order valence-corrected chi connectivity index (χ0v) is 12.0. The average molecular weight is 284 g/mol. The van der Waals surface area contributed by atoms with Gasteiger partial charge >= 0.3 is 0 Å². The van der Waals surface area contributed by atoms with E-state index >= 15 is 0 Å². The minimum absolute atomic E-state index is 0.170. The Morgan fingerprint density at radius 2 is 2.25 bits per heavy atom. The molecule has 0 radical (unpaired) electrons. The van der Waals surface area contributed by atoms with Gasteiger partial charge in [0.05, 0.1) is 18.8 Å². The molecule has 2 unspecified atom stereocenters. The molecule has 112 valence electrons. The van der Waals surface area contributed by atoms with Crippen LogP contribution in [-0.2, 0) is 4.74 Å². The molecular weight excluding hydrogens is 262 g/mol. The number of hydrogen-bond donors (Lipinski definition) is 1. The van der Waals surface area contributed by atoms with E-state index in [9.17, 15) is 8.78 Å². The molecule has 1 aliphatic rings. The maximum Gasteiger partial charge on any atom is 0.163 e. The van der Waals surface area contributed by atoms with Crippen molar-refractivity contribution in [1.82, 2.24) is 10.2 Å². The van der Waals surface area contributed by atoms with Crippen LogP contribution in [-0.4, -0.2) is 44.3 Å². The van der Waals surface area contributed by atoms with Gasteiger partial charge in [0.15, 0.2) is 11.6 Å². The first kappa shape index (κ1) is 15.4. The van der Waals surface area contributed by atoms with Crippen molar-refractivity contribution < 1.29 is 13.5 Å². The Morgan fingerprint density at radius 3 is 2.95 bits per heavy atom. The van der Waals surface area contributed by atoms with Gasteiger partial charge < -0.3 is 10.1 Å². The first-order chi connectivity index (χ1) is 9.67. The fourth-order valence-electron chi connectivity index (χ4n) is 2.75. The van der Waals surface area contributed by atoms with Crippen molar-refractivity contribution >= 4 is 0 Å². The van der Waals surface area contributed by atoms with E-state index in [2.05, 4.69) is 17.1 Å². The number of benzene rings is 1. The van der Waals surface area contributed by atoms with E-state index in [1.807, 2.05) is 0 Å². The van der Waals surface area contributed by atoms with Crippen molar-refractivity contribution in [1.29, 1.82) is 0 Å². The lowest BCUT2D eigenvalue weighted by Gasteiger charge is -2.37. The van der Waals surface area contributed by atoms with E-state index in [1.54, 1.807) is 13.1 Å². The Balaban J connectivity index is 2.17. The number of ether oxygens (including phenoxy) is 1. The van der Waals surface area contributed by atoms with Crippen LogP contribution in [0.4, 0.5) is 8.78 Å². The fourth-order valence-corrected chi connectivity index (χ4v) is 2.75. The molecule has 1 N–H and O–H groups in total. The number of nitrogens with one attached hydrogen (secondary N) is 1. The third-order valence-electron chi connectivity index (χ3n) is 3.72. The molecule has 2 atom stereocenters. The Bertz CT molecular complexity index is 440. The quantitative estimate of drug-likeness (QED) is 0.898. The van der Waals surface area contributed by atoms with Crippen LogP contribution in [0.25, 0.3) is 0 Å². The van der Waals surface area contributed by atoms with Gasteiger partial charge in [-0.1, -0.05) is 19.1 Å². The summed E-state index contributed by atoms with van der Waals surface area (Å²) in [4.78, 5) is 2.30. The minimum atomic E-state index is -0.816. The topological polar surface area (TPSA) is 24.5 Å². The molecule has 1 aromatic rings. The van der Waals surface area contributed by atoms with Crippen LogP contribution in [0.5, 0.6) is 0 Å². The van der Waals surface area contributed by atoms with Crippen molar-refractivity contribution in [3.05, 3.63) is 35.4 Å². The highest BCUT2D eigenvalue weighted by atomic mass is 19.2. The van der Waals surface area contributed by atoms with Crippen LogP contribution >= 0.6 is 0 Å². The van der Waals surface area contributed by atoms with Gasteiger partial charge in [-0.25, -0.2) is 8.78 Å². The predicted octanol–water partition coefficient (Wildman–Crippen LogP) is 2.34. The minimum Gasteiger partial charge on any atom is -0.374 e. The number of likely N-dealkylation sites (N-methyl/N-ethyl adjacent to an activating group) is 1. The number of hydrogen-bond acceptors (Lipinski definition) is 3. The van der Waals surface area contributed by atoms with Crippen LogP contribution in [0.2, 0.25) is 0 Å². The Morgan fingerprint density at radius 1 is 1.45 bits per heavy atom. The smallest absolute Gasteiger partial charge is 0.163 e. The predicted molar refractivity (Wildman–Crippen MR) is 74.6 cm³/mol. The van der Waals surface area contributed by atoms with E-state index in [-0.39, 0.29) is 12.1 Å². The fraction of sp³-hybridized carbons (Fsp3) is 0.600. The molecule has 1 aliphatic heterocycles. The second-order valence-corrected chi connectivity index (χ2v) is 5.12. The lowest BCUT2D eigenvalue weighted by atomic mass is 9.99. The van der Waals surface area contributed by atoms with Crippen LogP contribution < -0.4 is 5.32 Å². The van der Waals surface area contributed by atoms with Crippen molar-refractivity contribution in [2.24, 2.45) is 0 Å². The molecule has 0 amide bonds. The SMILES string of the molecule is CCCN1CCOC(C(NC)c2cccc(F)c2F)C1. The molecule has 0 aliphatic carbocycles. The first-order valence-electron chi connectivity index (χ1n) is 7.12. The standard InChI is InChI=1S/C15H22F2N2O/c1-3-7-19-8-9-20-13(10-19)15(18-2)11-5-4-6-12(16)14(11)17/h4-6,13,15,18H,3,7-10H2,1-2H3. The third kappa shape index (κ3) is 3.34. The molecule has 2 rings (SSSR count). The van der Waals surface area contributed by atoms with Gasteiger partial charge in [0, 0.05) is 18.7 Å². The summed E-state index contributed by atoms with van der Waals surface area (Å²) < 4.78 is 33.1. The highest BCUT2D eigenvalue weighted by molar-refractivity contribution is 5.24. The number of nitrogens with zero attached hydrogens (tertiary/aromatic N) is 1. The summed E-state index contributed by atoms with van der Waals surface area (Å²) in [5, 5.41) is 3.06. The van der Waals surface area contributed by atoms with Gasteiger partial charge in [0.2, 0.25) is 0 Å². The van der Waals surface area contributed by atoms with Crippen molar-refractivity contribution in [2.75, 3.05) is 33.3 Å². The van der Waals surface area contributed by atoms with E-state index < -0.39 is 11.6 Å². The molecule has 0 aromatic heterocycles. The summed E-state index contributed by atoms with van der Waals surface area (Å²) in [6.07, 6.45) is 0.905. The monoisotopic (exact) mass is 284 g/mol. The number of halogens is 2. The zero-order valence-electron chi connectivity index (χ0n) is 12.0. The molecule has 0 saturated carbocycles. The maximum atomic E-state index is 14.0. The molecule has 5 heteroatoms. The van der Waals surface area contributed by atoms with Gasteiger partial charge in [0.25, 0.3) is 0 Å². The Hall–Kier alpha value is -1.04. The Labute approximate surface area is 118 Å². The van der Waals surface area contributed by atoms with E-state index in [1.165, 1.54) is 6.07 Å². The average Bonchev–Trinajstić information content (AvgIpc) is 2.45. The van der Waals surface area contributed by atoms with E-state index in [4.69, 9.17) is 4.74 Å². The maximum absolute atomic E-state index is 14.0. The summed E-state index contributed by atoms with van der Waals surface area (Å²) in [5.41, 5.74) is 0.329. The largest absolute Gasteiger partial charge is 0.374 e.